The molecule has 0 saturated heterocycles. The minimum Gasteiger partial charge on any atom is -0.482 e. The van der Waals surface area contributed by atoms with Crippen molar-refractivity contribution < 1.29 is 9.53 Å². The maximum Gasteiger partial charge on any atom is 0.228 e. The smallest absolute Gasteiger partial charge is 0.228 e. The van der Waals surface area contributed by atoms with Crippen molar-refractivity contribution >= 4 is 16.9 Å². The average Bonchev–Trinajstić information content (AvgIpc) is 2.18. The van der Waals surface area contributed by atoms with Gasteiger partial charge in [-0.25, -0.2) is 0 Å². The molecule has 1 aromatic carbocycles. The van der Waals surface area contributed by atoms with Crippen molar-refractivity contribution in [2.75, 3.05) is 6.26 Å². The molecule has 2 nitrogen and oxygen atoms in total. The Bertz CT molecular complexity index is 272. The van der Waals surface area contributed by atoms with E-state index in [4.69, 9.17) is 4.74 Å². The van der Waals surface area contributed by atoms with Crippen molar-refractivity contribution in [2.45, 2.75) is 13.0 Å². The Morgan fingerprint density at radius 1 is 1.54 bits per heavy atom. The van der Waals surface area contributed by atoms with Crippen LogP contribution < -0.4 is 4.74 Å². The molecule has 69 valence electrons. The number of carbonyl (C=O) groups excluding carboxylic acids is 1. The van der Waals surface area contributed by atoms with E-state index in [1.165, 1.54) is 11.8 Å². The first kappa shape index (κ1) is 10.1. The van der Waals surface area contributed by atoms with E-state index in [2.05, 4.69) is 6.07 Å². The highest BCUT2D eigenvalue weighted by atomic mass is 32.2. The third kappa shape index (κ3) is 3.11. The summed E-state index contributed by atoms with van der Waals surface area (Å²) in [5.74, 6) is 0.702. The lowest BCUT2D eigenvalue weighted by Gasteiger charge is -2.11. The summed E-state index contributed by atoms with van der Waals surface area (Å²) in [6, 6.07) is 9.95. The van der Waals surface area contributed by atoms with Gasteiger partial charge < -0.3 is 4.74 Å². The minimum absolute atomic E-state index is 0.0350. The van der Waals surface area contributed by atoms with Crippen LogP contribution in [0.1, 0.15) is 6.92 Å². The molecule has 0 fully saturated rings. The molecule has 0 aliphatic heterocycles. The third-order valence-electron chi connectivity index (χ3n) is 1.53. The van der Waals surface area contributed by atoms with Gasteiger partial charge in [0.25, 0.3) is 0 Å². The van der Waals surface area contributed by atoms with Gasteiger partial charge in [-0.1, -0.05) is 23.9 Å². The Hall–Kier alpha value is -0.960. The molecule has 1 atom stereocenters. The van der Waals surface area contributed by atoms with Crippen molar-refractivity contribution in [3.05, 3.63) is 30.3 Å². The van der Waals surface area contributed by atoms with Crippen LogP contribution >= 0.6 is 11.8 Å². The van der Waals surface area contributed by atoms with Gasteiger partial charge in [0.05, 0.1) is 0 Å². The summed E-state index contributed by atoms with van der Waals surface area (Å²) in [4.78, 5) is 11.1. The van der Waals surface area contributed by atoms with E-state index in [1.54, 1.807) is 37.4 Å². The monoisotopic (exact) mass is 195 g/mol. The van der Waals surface area contributed by atoms with Gasteiger partial charge in [0.15, 0.2) is 6.10 Å². The van der Waals surface area contributed by atoms with Crippen LogP contribution in [0.25, 0.3) is 0 Å². The van der Waals surface area contributed by atoms with Crippen LogP contribution in [0.3, 0.4) is 0 Å². The number of benzene rings is 1. The maximum absolute atomic E-state index is 11.1. The number of thioether (sulfide) groups is 1. The molecule has 1 rings (SSSR count). The molecule has 0 saturated carbocycles. The lowest BCUT2D eigenvalue weighted by atomic mass is 10.3. The van der Waals surface area contributed by atoms with Crippen LogP contribution in [0.15, 0.2) is 24.3 Å². The molecule has 13 heavy (non-hydrogen) atoms. The Morgan fingerprint density at radius 3 is 2.69 bits per heavy atom. The summed E-state index contributed by atoms with van der Waals surface area (Å²) in [6.45, 7) is 1.75. The second kappa shape index (κ2) is 4.92. The number of rotatable bonds is 3. The third-order valence-corrected chi connectivity index (χ3v) is 2.27. The van der Waals surface area contributed by atoms with E-state index in [0.29, 0.717) is 5.75 Å². The summed E-state index contributed by atoms with van der Waals surface area (Å²) in [5.41, 5.74) is 0. The molecule has 0 aromatic heterocycles. The fourth-order valence-electron chi connectivity index (χ4n) is 0.868. The summed E-state index contributed by atoms with van der Waals surface area (Å²) in [5, 5.41) is 0.0350. The number of hydrogen-bond donors (Lipinski definition) is 0. The molecule has 0 aliphatic carbocycles. The molecular formula is C10H11O2S. The number of ether oxygens (including phenoxy) is 1. The van der Waals surface area contributed by atoms with E-state index in [0.717, 1.165) is 0 Å². The Balaban J connectivity index is 2.55. The summed E-state index contributed by atoms with van der Waals surface area (Å²) in [6.07, 6.45) is 1.36. The molecule has 0 aliphatic rings. The lowest BCUT2D eigenvalue weighted by Crippen LogP contribution is -2.20. The van der Waals surface area contributed by atoms with E-state index in [1.807, 2.05) is 0 Å². The van der Waals surface area contributed by atoms with Crippen LogP contribution in [0, 0.1) is 6.07 Å². The predicted octanol–water partition coefficient (Wildman–Crippen LogP) is 2.14. The first-order valence-corrected chi connectivity index (χ1v) is 5.17. The van der Waals surface area contributed by atoms with Crippen molar-refractivity contribution in [3.63, 3.8) is 0 Å². The molecule has 1 unspecified atom stereocenters. The van der Waals surface area contributed by atoms with Crippen LogP contribution in [-0.4, -0.2) is 17.5 Å². The van der Waals surface area contributed by atoms with Gasteiger partial charge in [-0.15, -0.1) is 0 Å². The van der Waals surface area contributed by atoms with Crippen LogP contribution in [0.2, 0.25) is 0 Å². The van der Waals surface area contributed by atoms with Gasteiger partial charge in [-0.05, 0) is 31.4 Å². The largest absolute Gasteiger partial charge is 0.482 e. The highest BCUT2D eigenvalue weighted by molar-refractivity contribution is 8.13. The second-order valence-electron chi connectivity index (χ2n) is 2.52. The molecule has 0 spiro atoms. The maximum atomic E-state index is 11.1. The van der Waals surface area contributed by atoms with Crippen molar-refractivity contribution in [2.24, 2.45) is 0 Å². The zero-order chi connectivity index (χ0) is 9.68. The topological polar surface area (TPSA) is 26.3 Å². The second-order valence-corrected chi connectivity index (χ2v) is 3.33. The van der Waals surface area contributed by atoms with Crippen LogP contribution in [-0.2, 0) is 4.79 Å². The Labute approximate surface area is 82.3 Å². The SMILES string of the molecule is CSC(=O)C(C)Oc1cc[c]cc1. The van der Waals surface area contributed by atoms with Crippen LogP contribution in [0.5, 0.6) is 5.75 Å². The zero-order valence-electron chi connectivity index (χ0n) is 7.61. The van der Waals surface area contributed by atoms with Crippen molar-refractivity contribution in [1.29, 1.82) is 0 Å². The van der Waals surface area contributed by atoms with Crippen molar-refractivity contribution in [3.8, 4) is 5.75 Å². The van der Waals surface area contributed by atoms with E-state index in [9.17, 15) is 4.79 Å². The van der Waals surface area contributed by atoms with E-state index in [-0.39, 0.29) is 5.12 Å². The highest BCUT2D eigenvalue weighted by Crippen LogP contribution is 2.13. The molecule has 0 bridgehead atoms. The molecule has 0 amide bonds. The van der Waals surface area contributed by atoms with E-state index < -0.39 is 6.10 Å². The first-order chi connectivity index (χ1) is 6.24. The zero-order valence-corrected chi connectivity index (χ0v) is 8.43. The lowest BCUT2D eigenvalue weighted by molar-refractivity contribution is -0.116. The number of carbonyl (C=O) groups is 1. The molecule has 1 aromatic rings. The summed E-state index contributed by atoms with van der Waals surface area (Å²) < 4.78 is 5.38. The normalized spacial score (nSPS) is 12.2. The van der Waals surface area contributed by atoms with Gasteiger partial charge >= 0.3 is 0 Å². The van der Waals surface area contributed by atoms with Gasteiger partial charge in [-0.2, -0.15) is 0 Å². The molecule has 1 radical (unpaired) electrons. The first-order valence-electron chi connectivity index (χ1n) is 3.94. The minimum atomic E-state index is -0.391. The molecule has 3 heteroatoms. The quantitative estimate of drug-likeness (QED) is 0.739. The summed E-state index contributed by atoms with van der Waals surface area (Å²) >= 11 is 1.18. The van der Waals surface area contributed by atoms with Gasteiger partial charge in [-0.3, -0.25) is 4.79 Å². The van der Waals surface area contributed by atoms with Gasteiger partial charge in [0, 0.05) is 0 Å². The van der Waals surface area contributed by atoms with E-state index >= 15 is 0 Å². The molecule has 0 heterocycles. The van der Waals surface area contributed by atoms with Gasteiger partial charge in [0.2, 0.25) is 5.12 Å². The fraction of sp³-hybridized carbons (Fsp3) is 0.300. The van der Waals surface area contributed by atoms with Gasteiger partial charge in [0.1, 0.15) is 5.75 Å². The Kier molecular flexibility index (Phi) is 3.83. The van der Waals surface area contributed by atoms with Crippen LogP contribution in [0.4, 0.5) is 0 Å². The highest BCUT2D eigenvalue weighted by Gasteiger charge is 2.12. The standard InChI is InChI=1S/C10H11O2S/c1-8(10(11)13-2)12-9-6-4-3-5-7-9/h4-8H,1-2H3. The fourth-order valence-corrected chi connectivity index (χ4v) is 1.25. The van der Waals surface area contributed by atoms with Crippen molar-refractivity contribution in [1.82, 2.24) is 0 Å². The average molecular weight is 195 g/mol. The predicted molar refractivity (Wildman–Crippen MR) is 53.9 cm³/mol. The molecular weight excluding hydrogens is 184 g/mol. The Morgan fingerprint density at radius 2 is 2.15 bits per heavy atom. The summed E-state index contributed by atoms with van der Waals surface area (Å²) in [7, 11) is 0. The number of hydrogen-bond acceptors (Lipinski definition) is 3. The molecule has 0 N–H and O–H groups in total.